The number of carbonyl (C=O) groups excluding carboxylic acids is 8. The molecule has 8 nitrogen and oxygen atoms in total. The standard InChI is InChI=1S/4C5HF6O2.Lu/c4*6-4(7,8)2(12)1-3(13)5(9,10)11;/h4*1H;/q4*-1;+3/p+8. The van der Waals surface area contributed by atoms with Crippen LogP contribution in [0, 0.1) is 62.6 Å². The van der Waals surface area contributed by atoms with Crippen LogP contribution in [-0.4, -0.2) is 134 Å². The molecule has 0 aliphatic heterocycles. The van der Waals surface area contributed by atoms with Gasteiger partial charge in [-0.3, -0.25) is 0 Å². The van der Waals surface area contributed by atoms with Crippen molar-refractivity contribution in [3.63, 3.8) is 0 Å². The molecule has 8 N–H and O–H groups in total. The van der Waals surface area contributed by atoms with Crippen molar-refractivity contribution in [1.82, 2.24) is 0 Å². The topological polar surface area (TPSA) is 171 Å². The van der Waals surface area contributed by atoms with Crippen LogP contribution in [0.15, 0.2) is 0 Å². The van der Waals surface area contributed by atoms with E-state index in [1.54, 1.807) is 0 Å². The third-order valence-electron chi connectivity index (χ3n) is 3.42. The van der Waals surface area contributed by atoms with E-state index in [9.17, 15) is 105 Å². The van der Waals surface area contributed by atoms with E-state index in [0.29, 0.717) is 0 Å². The summed E-state index contributed by atoms with van der Waals surface area (Å²) in [7, 11) is 0. The summed E-state index contributed by atoms with van der Waals surface area (Å²) in [6.45, 7) is 0. The van der Waals surface area contributed by atoms with Crippen LogP contribution in [0.25, 0.3) is 0 Å². The molecule has 0 aromatic rings. The Balaban J connectivity index is -0.000000192. The van der Waals surface area contributed by atoms with Gasteiger partial charge in [0.25, 0.3) is 46.3 Å². The summed E-state index contributed by atoms with van der Waals surface area (Å²) in [6.07, 6.45) is -45.7. The molecule has 0 aliphatic carbocycles. The summed E-state index contributed by atoms with van der Waals surface area (Å²) in [4.78, 5) is 63.8. The van der Waals surface area contributed by atoms with Crippen molar-refractivity contribution in [2.75, 3.05) is 0 Å². The van der Waals surface area contributed by atoms with E-state index in [2.05, 4.69) is 0 Å². The van der Waals surface area contributed by atoms with Gasteiger partial charge in [0.05, 0.1) is 0 Å². The van der Waals surface area contributed by atoms with E-state index in [4.69, 9.17) is 38.4 Å². The third-order valence-corrected chi connectivity index (χ3v) is 3.42. The van der Waals surface area contributed by atoms with Gasteiger partial charge in [-0.15, -0.1) is 25.7 Å². The zero-order valence-corrected chi connectivity index (χ0v) is 24.9. The van der Waals surface area contributed by atoms with Gasteiger partial charge in [0.15, 0.2) is 0 Å². The molecule has 0 saturated carbocycles. The van der Waals surface area contributed by atoms with Gasteiger partial charge >= 0.3 is 86.3 Å². The van der Waals surface area contributed by atoms with E-state index < -0.39 is 121 Å². The number of hydrogen-bond acceptors (Lipinski definition) is 0. The molecule has 0 spiro atoms. The second-order valence-corrected chi connectivity index (χ2v) is 7.64. The molecule has 0 aromatic carbocycles. The average Bonchev–Trinajstić information content (AvgIpc) is 2.85. The predicted octanol–water partition coefficient (Wildman–Crippen LogP) is 5.62. The second-order valence-electron chi connectivity index (χ2n) is 7.64. The first-order valence-electron chi connectivity index (χ1n) is 10.6. The molecule has 0 rings (SSSR count). The molecule has 0 amide bonds. The molecule has 33 heteroatoms. The van der Waals surface area contributed by atoms with E-state index in [0.717, 1.165) is 0 Å². The molecule has 53 heavy (non-hydrogen) atoms. The van der Waals surface area contributed by atoms with Crippen LogP contribution in [0.2, 0.25) is 0 Å². The number of alkyl halides is 24. The Labute approximate surface area is 301 Å². The summed E-state index contributed by atoms with van der Waals surface area (Å²) < 4.78 is 273. The minimum Gasteiger partial charge on any atom is -0.306 e. The predicted molar refractivity (Wildman–Crippen MR) is 121 cm³/mol. The molecular formula is C20H12F24LuO8+7. The summed E-state index contributed by atoms with van der Waals surface area (Å²) in [5.74, 6) is -20.1. The first-order chi connectivity index (χ1) is 22.2. The Morgan fingerprint density at radius 2 is 0.264 bits per heavy atom. The van der Waals surface area contributed by atoms with Gasteiger partial charge in [0, 0.05) is 0 Å². The van der Waals surface area contributed by atoms with Crippen molar-refractivity contribution >= 4 is 46.3 Å². The van der Waals surface area contributed by atoms with Gasteiger partial charge in [-0.2, -0.15) is 105 Å². The first-order valence-corrected chi connectivity index (χ1v) is 10.6. The van der Waals surface area contributed by atoms with Crippen LogP contribution < -0.4 is 0 Å². The molecule has 0 heterocycles. The number of halogens is 24. The number of rotatable bonds is 8. The number of hydrogen-bond donors (Lipinski definition) is 0. The fourth-order valence-electron chi connectivity index (χ4n) is 1.17. The van der Waals surface area contributed by atoms with E-state index in [1.165, 1.54) is 0 Å². The van der Waals surface area contributed by atoms with Crippen LogP contribution in [0.4, 0.5) is 105 Å². The van der Waals surface area contributed by atoms with Crippen molar-refractivity contribution in [2.45, 2.75) is 49.4 Å². The van der Waals surface area contributed by atoms with Crippen LogP contribution in [-0.2, 0) is 0 Å². The second kappa shape index (κ2) is 20.7. The maximum Gasteiger partial charge on any atom is 3.00 e. The molecular weight excluding hydrogens is 999 g/mol. The fourth-order valence-corrected chi connectivity index (χ4v) is 1.17. The van der Waals surface area contributed by atoms with Crippen molar-refractivity contribution in [2.24, 2.45) is 0 Å². The molecule has 0 saturated heterocycles. The van der Waals surface area contributed by atoms with Gasteiger partial charge in [-0.1, -0.05) is 0 Å². The molecule has 0 bridgehead atoms. The molecule has 0 aliphatic rings. The molecule has 0 atom stereocenters. The third kappa shape index (κ3) is 28.6. The van der Waals surface area contributed by atoms with Gasteiger partial charge < -0.3 is 38.4 Å². The molecule has 0 fully saturated rings. The smallest absolute Gasteiger partial charge is 0.306 e. The van der Waals surface area contributed by atoms with Gasteiger partial charge in [-0.25, -0.2) is 0 Å². The quantitative estimate of drug-likeness (QED) is 0.127. The largest absolute Gasteiger partial charge is 3.00 e. The van der Waals surface area contributed by atoms with Crippen molar-refractivity contribution in [3.8, 4) is 0 Å². The average molecular weight is 1010 g/mol. The Bertz CT molecular complexity index is 1010. The first kappa shape index (κ1) is 58.7. The van der Waals surface area contributed by atoms with Crippen molar-refractivity contribution in [1.29, 1.82) is 0 Å². The summed E-state index contributed by atoms with van der Waals surface area (Å²) in [5, 5.41) is 0. The van der Waals surface area contributed by atoms with E-state index >= 15 is 0 Å². The van der Waals surface area contributed by atoms with E-state index in [1.807, 2.05) is 0 Å². The zero-order valence-electron chi connectivity index (χ0n) is 23.2. The minimum absolute atomic E-state index is 0. The SMILES string of the molecule is [Lu+3].[OH+]=C([CH-]C(=[OH+])C(F)(F)F)C(F)(F)F.[OH+]=C([CH-]C(=[OH+])C(F)(F)F)C(F)(F)F.[OH+]=C([CH-]C(=[OH+])C(F)(F)F)C(F)(F)F.[OH+]=C([CH-]C(=[OH+])C(F)(F)F)C(F)(F)F. The maximum atomic E-state index is 11.4. The molecule has 316 valence electrons. The van der Waals surface area contributed by atoms with Crippen LogP contribution in [0.1, 0.15) is 0 Å². The molecule has 0 radical (unpaired) electrons. The van der Waals surface area contributed by atoms with Crippen LogP contribution in [0.3, 0.4) is 0 Å². The Kier molecular flexibility index (Phi) is 23.0. The fraction of sp³-hybridized carbons (Fsp3) is 0.400. The van der Waals surface area contributed by atoms with E-state index in [-0.39, 0.29) is 36.9 Å². The van der Waals surface area contributed by atoms with Crippen LogP contribution in [0.5, 0.6) is 0 Å². The van der Waals surface area contributed by atoms with Crippen LogP contribution >= 0.6 is 0 Å². The minimum atomic E-state index is -5.31. The normalized spacial score (nSPS) is 12.2. The molecule has 0 unspecified atom stereocenters. The summed E-state index contributed by atoms with van der Waals surface area (Å²) in [5.41, 5.74) is 0. The van der Waals surface area contributed by atoms with Gasteiger partial charge in [-0.05, 0) is 0 Å². The van der Waals surface area contributed by atoms with Crippen molar-refractivity contribution < 1.29 is 181 Å². The Morgan fingerprint density at radius 3 is 0.302 bits per heavy atom. The van der Waals surface area contributed by atoms with Gasteiger partial charge in [0.2, 0.25) is 0 Å². The summed E-state index contributed by atoms with van der Waals surface area (Å²) >= 11 is 0. The number of ketones is 8. The Hall–Kier alpha value is -3.61. The monoisotopic (exact) mass is 1010 g/mol. The molecule has 0 aromatic heterocycles. The Morgan fingerprint density at radius 1 is 0.208 bits per heavy atom. The zero-order chi connectivity index (χ0) is 43.4. The maximum absolute atomic E-state index is 11.4. The van der Waals surface area contributed by atoms with Crippen molar-refractivity contribution in [3.05, 3.63) is 25.7 Å². The summed E-state index contributed by atoms with van der Waals surface area (Å²) in [6, 6.07) is 0. The van der Waals surface area contributed by atoms with Gasteiger partial charge in [0.1, 0.15) is 0 Å².